The van der Waals surface area contributed by atoms with E-state index < -0.39 is 0 Å². The van der Waals surface area contributed by atoms with Gasteiger partial charge in [-0.25, -0.2) is 0 Å². The Balaban J connectivity index is 2.22. The van der Waals surface area contributed by atoms with Crippen molar-refractivity contribution in [1.82, 2.24) is 0 Å². The number of halogens is 1. The molecule has 0 radical (unpaired) electrons. The highest BCUT2D eigenvalue weighted by molar-refractivity contribution is 9.10. The molecule has 0 heterocycles. The molecule has 0 aliphatic heterocycles. The Kier molecular flexibility index (Phi) is 3.17. The van der Waals surface area contributed by atoms with Crippen LogP contribution in [0.2, 0.25) is 0 Å². The van der Waals surface area contributed by atoms with Crippen LogP contribution >= 0.6 is 15.9 Å². The van der Waals surface area contributed by atoms with E-state index in [0.29, 0.717) is 11.5 Å². The van der Waals surface area contributed by atoms with Crippen molar-refractivity contribution in [2.24, 2.45) is 5.73 Å². The molecule has 1 aromatic rings. The summed E-state index contributed by atoms with van der Waals surface area (Å²) in [7, 11) is 0. The number of benzene rings is 1. The lowest BCUT2D eigenvalue weighted by Crippen LogP contribution is -2.34. The second-order valence-electron chi connectivity index (χ2n) is 4.91. The van der Waals surface area contributed by atoms with Gasteiger partial charge in [-0.3, -0.25) is 0 Å². The lowest BCUT2D eigenvalue weighted by molar-refractivity contribution is 0.292. The van der Waals surface area contributed by atoms with Gasteiger partial charge in [-0.2, -0.15) is 0 Å². The second kappa shape index (κ2) is 4.26. The summed E-state index contributed by atoms with van der Waals surface area (Å²) < 4.78 is 1.18. The minimum Gasteiger partial charge on any atom is -0.328 e. The van der Waals surface area contributed by atoms with Gasteiger partial charge >= 0.3 is 0 Å². The Labute approximate surface area is 100 Å². The molecule has 2 N–H and O–H groups in total. The molecule has 0 saturated heterocycles. The predicted octanol–water partition coefficient (Wildman–Crippen LogP) is 3.61. The van der Waals surface area contributed by atoms with E-state index in [1.54, 1.807) is 0 Å². The first-order valence-electron chi connectivity index (χ1n) is 5.62. The van der Waals surface area contributed by atoms with Crippen molar-refractivity contribution in [3.05, 3.63) is 34.3 Å². The van der Waals surface area contributed by atoms with Crippen LogP contribution in [0.1, 0.15) is 38.2 Å². The number of hydrogen-bond acceptors (Lipinski definition) is 1. The summed E-state index contributed by atoms with van der Waals surface area (Å²) in [5, 5.41) is 0. The van der Waals surface area contributed by atoms with E-state index in [0.717, 1.165) is 12.8 Å². The van der Waals surface area contributed by atoms with Gasteiger partial charge in [0, 0.05) is 10.5 Å². The Bertz CT molecular complexity index is 340. The quantitative estimate of drug-likeness (QED) is 0.827. The maximum absolute atomic E-state index is 5.95. The van der Waals surface area contributed by atoms with Crippen molar-refractivity contribution in [3.63, 3.8) is 0 Å². The first kappa shape index (κ1) is 11.2. The van der Waals surface area contributed by atoms with Gasteiger partial charge in [-0.15, -0.1) is 0 Å². The van der Waals surface area contributed by atoms with Crippen LogP contribution < -0.4 is 5.73 Å². The highest BCUT2D eigenvalue weighted by Gasteiger charge is 2.31. The summed E-state index contributed by atoms with van der Waals surface area (Å²) in [4.78, 5) is 0. The van der Waals surface area contributed by atoms with Crippen LogP contribution in [-0.2, 0) is 5.41 Å². The Hall–Kier alpha value is -0.340. The Morgan fingerprint density at radius 1 is 1.33 bits per heavy atom. The highest BCUT2D eigenvalue weighted by Crippen LogP contribution is 2.39. The van der Waals surface area contributed by atoms with Crippen LogP contribution in [0.4, 0.5) is 0 Å². The van der Waals surface area contributed by atoms with Crippen molar-refractivity contribution >= 4 is 15.9 Å². The third kappa shape index (κ3) is 2.43. The molecule has 0 unspecified atom stereocenters. The van der Waals surface area contributed by atoms with Gasteiger partial charge in [0.2, 0.25) is 0 Å². The summed E-state index contributed by atoms with van der Waals surface area (Å²) in [6, 6.07) is 9.12. The molecule has 1 aromatic carbocycles. The molecule has 2 rings (SSSR count). The molecule has 0 atom stereocenters. The van der Waals surface area contributed by atoms with Crippen LogP contribution in [0.5, 0.6) is 0 Å². The Morgan fingerprint density at radius 2 is 2.00 bits per heavy atom. The van der Waals surface area contributed by atoms with E-state index in [4.69, 9.17) is 5.73 Å². The smallest absolute Gasteiger partial charge is 0.0178 e. The summed E-state index contributed by atoms with van der Waals surface area (Å²) in [6.45, 7) is 2.36. The standard InChI is InChI=1S/C13H18BrN/c1-13(7-5-12(15)6-8-13)10-3-2-4-11(14)9-10/h2-4,9,12H,5-8,15H2,1H3. The van der Waals surface area contributed by atoms with Crippen molar-refractivity contribution in [3.8, 4) is 0 Å². The maximum Gasteiger partial charge on any atom is 0.0178 e. The SMILES string of the molecule is CC1(c2cccc(Br)c2)CCC(N)CC1. The van der Waals surface area contributed by atoms with E-state index in [9.17, 15) is 0 Å². The van der Waals surface area contributed by atoms with Crippen molar-refractivity contribution < 1.29 is 0 Å². The van der Waals surface area contributed by atoms with Gasteiger partial charge in [0.15, 0.2) is 0 Å². The number of hydrogen-bond donors (Lipinski definition) is 1. The molecule has 15 heavy (non-hydrogen) atoms. The fourth-order valence-corrected chi connectivity index (χ4v) is 2.83. The highest BCUT2D eigenvalue weighted by atomic mass is 79.9. The monoisotopic (exact) mass is 267 g/mol. The first-order valence-corrected chi connectivity index (χ1v) is 6.41. The van der Waals surface area contributed by atoms with E-state index >= 15 is 0 Å². The van der Waals surface area contributed by atoms with Gasteiger partial charge in [-0.05, 0) is 48.8 Å². The van der Waals surface area contributed by atoms with E-state index in [1.807, 2.05) is 0 Å². The molecular formula is C13H18BrN. The molecule has 1 saturated carbocycles. The molecule has 0 bridgehead atoms. The lowest BCUT2D eigenvalue weighted by Gasteiger charge is -2.36. The fraction of sp³-hybridized carbons (Fsp3) is 0.538. The molecule has 1 aliphatic rings. The number of rotatable bonds is 1. The van der Waals surface area contributed by atoms with Crippen LogP contribution in [0, 0.1) is 0 Å². The van der Waals surface area contributed by atoms with Crippen LogP contribution in [0.15, 0.2) is 28.7 Å². The van der Waals surface area contributed by atoms with E-state index in [-0.39, 0.29) is 0 Å². The largest absolute Gasteiger partial charge is 0.328 e. The zero-order valence-electron chi connectivity index (χ0n) is 9.17. The topological polar surface area (TPSA) is 26.0 Å². The first-order chi connectivity index (χ1) is 7.10. The minimum absolute atomic E-state index is 0.333. The van der Waals surface area contributed by atoms with E-state index in [1.165, 1.54) is 22.9 Å². The lowest BCUT2D eigenvalue weighted by atomic mass is 9.70. The fourth-order valence-electron chi connectivity index (χ4n) is 2.43. The molecular weight excluding hydrogens is 250 g/mol. The summed E-state index contributed by atoms with van der Waals surface area (Å²) in [5.41, 5.74) is 7.74. The molecule has 1 nitrogen and oxygen atoms in total. The third-order valence-electron chi connectivity index (χ3n) is 3.66. The Morgan fingerprint density at radius 3 is 2.60 bits per heavy atom. The zero-order chi connectivity index (χ0) is 10.9. The summed E-state index contributed by atoms with van der Waals surface area (Å²) in [5.74, 6) is 0. The zero-order valence-corrected chi connectivity index (χ0v) is 10.8. The summed E-state index contributed by atoms with van der Waals surface area (Å²) >= 11 is 3.54. The van der Waals surface area contributed by atoms with Crippen LogP contribution in [-0.4, -0.2) is 6.04 Å². The van der Waals surface area contributed by atoms with Gasteiger partial charge in [0.25, 0.3) is 0 Å². The third-order valence-corrected chi connectivity index (χ3v) is 4.15. The number of nitrogens with two attached hydrogens (primary N) is 1. The molecule has 1 fully saturated rings. The van der Waals surface area contributed by atoms with E-state index in [2.05, 4.69) is 47.1 Å². The molecule has 0 aromatic heterocycles. The van der Waals surface area contributed by atoms with Gasteiger partial charge in [0.05, 0.1) is 0 Å². The molecule has 0 spiro atoms. The molecule has 82 valence electrons. The van der Waals surface area contributed by atoms with Gasteiger partial charge in [-0.1, -0.05) is 35.0 Å². The average Bonchev–Trinajstić information content (AvgIpc) is 2.23. The minimum atomic E-state index is 0.333. The van der Waals surface area contributed by atoms with Crippen LogP contribution in [0.25, 0.3) is 0 Å². The molecule has 1 aliphatic carbocycles. The molecule has 2 heteroatoms. The second-order valence-corrected chi connectivity index (χ2v) is 5.82. The maximum atomic E-state index is 5.95. The summed E-state index contributed by atoms with van der Waals surface area (Å²) in [6.07, 6.45) is 4.74. The van der Waals surface area contributed by atoms with Gasteiger partial charge in [0.1, 0.15) is 0 Å². The van der Waals surface area contributed by atoms with Crippen molar-refractivity contribution in [1.29, 1.82) is 0 Å². The predicted molar refractivity (Wildman–Crippen MR) is 67.9 cm³/mol. The average molecular weight is 268 g/mol. The van der Waals surface area contributed by atoms with Crippen LogP contribution in [0.3, 0.4) is 0 Å². The van der Waals surface area contributed by atoms with Crippen molar-refractivity contribution in [2.45, 2.75) is 44.1 Å². The normalized spacial score (nSPS) is 31.5. The molecule has 0 amide bonds. The van der Waals surface area contributed by atoms with Gasteiger partial charge < -0.3 is 5.73 Å². The van der Waals surface area contributed by atoms with Crippen molar-refractivity contribution in [2.75, 3.05) is 0 Å².